The van der Waals surface area contributed by atoms with Gasteiger partial charge in [0.2, 0.25) is 5.78 Å². The maximum Gasteiger partial charge on any atom is 0.209 e. The first-order chi connectivity index (χ1) is 10.3. The first kappa shape index (κ1) is 15.5. The number of allylic oxidation sites excluding steroid dienone is 2. The average Bonchev–Trinajstić information content (AvgIpc) is 2.51. The Morgan fingerprint density at radius 1 is 1.05 bits per heavy atom. The Morgan fingerprint density at radius 3 is 2.48 bits per heavy atom. The lowest BCUT2D eigenvalue weighted by Crippen LogP contribution is -2.27. The summed E-state index contributed by atoms with van der Waals surface area (Å²) < 4.78 is 0. The quantitative estimate of drug-likeness (QED) is 0.775. The molecule has 0 amide bonds. The van der Waals surface area contributed by atoms with Gasteiger partial charge >= 0.3 is 0 Å². The molecule has 3 nitrogen and oxygen atoms in total. The third-order valence-corrected chi connectivity index (χ3v) is 3.61. The zero-order valence-electron chi connectivity index (χ0n) is 13.0. The molecule has 0 spiro atoms. The molecule has 21 heavy (non-hydrogen) atoms. The molecule has 112 valence electrons. The minimum atomic E-state index is 0.0798. The third-order valence-electron chi connectivity index (χ3n) is 3.61. The van der Waals surface area contributed by atoms with Gasteiger partial charge in [0.05, 0.1) is 11.4 Å². The highest BCUT2D eigenvalue weighted by atomic mass is 16.1. The van der Waals surface area contributed by atoms with Crippen molar-refractivity contribution in [1.82, 2.24) is 5.32 Å². The van der Waals surface area contributed by atoms with Gasteiger partial charge in [-0.1, -0.05) is 51.0 Å². The van der Waals surface area contributed by atoms with Crippen LogP contribution in [0.1, 0.15) is 55.5 Å². The van der Waals surface area contributed by atoms with E-state index in [1.807, 2.05) is 30.3 Å². The van der Waals surface area contributed by atoms with Crippen LogP contribution in [-0.2, 0) is 0 Å². The van der Waals surface area contributed by atoms with Crippen molar-refractivity contribution >= 4 is 11.5 Å². The second-order valence-corrected chi connectivity index (χ2v) is 5.33. The van der Waals surface area contributed by atoms with Crippen molar-refractivity contribution in [2.75, 3.05) is 13.1 Å². The molecule has 1 aliphatic carbocycles. The van der Waals surface area contributed by atoms with Crippen LogP contribution in [0.25, 0.3) is 0 Å². The van der Waals surface area contributed by atoms with E-state index in [9.17, 15) is 4.79 Å². The summed E-state index contributed by atoms with van der Waals surface area (Å²) in [5.74, 6) is 0.0798. The highest BCUT2D eigenvalue weighted by molar-refractivity contribution is 6.25. The predicted octanol–water partition coefficient (Wildman–Crippen LogP) is 3.75. The van der Waals surface area contributed by atoms with Crippen molar-refractivity contribution in [2.45, 2.75) is 39.5 Å². The number of Topliss-reactive ketones (excluding diaryl/α,β-unsaturated/α-hetero) is 1. The van der Waals surface area contributed by atoms with Gasteiger partial charge in [0.1, 0.15) is 0 Å². The molecule has 0 atom stereocenters. The van der Waals surface area contributed by atoms with Crippen LogP contribution in [0.5, 0.6) is 0 Å². The molecule has 0 aliphatic heterocycles. The lowest BCUT2D eigenvalue weighted by Gasteiger charge is -2.18. The lowest BCUT2D eigenvalue weighted by molar-refractivity contribution is 0.102. The zero-order valence-corrected chi connectivity index (χ0v) is 13.0. The number of carbonyl (C=O) groups excluding carboxylic acids is 1. The van der Waals surface area contributed by atoms with Gasteiger partial charge in [-0.15, -0.1) is 0 Å². The number of nitrogens with one attached hydrogen (secondary N) is 1. The molecule has 1 aromatic rings. The number of aliphatic imine (C=N–C) groups is 1. The number of fused-ring (bicyclic) bond motifs is 1. The van der Waals surface area contributed by atoms with Crippen LogP contribution in [0, 0.1) is 0 Å². The molecule has 1 N–H and O–H groups in total. The van der Waals surface area contributed by atoms with E-state index in [1.54, 1.807) is 0 Å². The standard InChI is InChI=1S/C18H24N2O/c1-3-5-11-19-16-13-17(20-12-6-4-2)18(21)15-10-8-7-9-14(15)16/h7-10,13,20H,3-6,11-12H2,1-2H3. The fourth-order valence-corrected chi connectivity index (χ4v) is 2.35. The average molecular weight is 284 g/mol. The number of benzene rings is 1. The first-order valence-corrected chi connectivity index (χ1v) is 7.92. The van der Waals surface area contributed by atoms with Crippen molar-refractivity contribution < 1.29 is 4.79 Å². The molecule has 2 rings (SSSR count). The number of rotatable bonds is 7. The van der Waals surface area contributed by atoms with Crippen LogP contribution >= 0.6 is 0 Å². The Morgan fingerprint density at radius 2 is 1.76 bits per heavy atom. The summed E-state index contributed by atoms with van der Waals surface area (Å²) >= 11 is 0. The number of carbonyl (C=O) groups is 1. The third kappa shape index (κ3) is 3.81. The highest BCUT2D eigenvalue weighted by Crippen LogP contribution is 2.20. The predicted molar refractivity (Wildman–Crippen MR) is 88.1 cm³/mol. The van der Waals surface area contributed by atoms with Crippen molar-refractivity contribution in [1.29, 1.82) is 0 Å². The van der Waals surface area contributed by atoms with E-state index in [0.717, 1.165) is 55.6 Å². The summed E-state index contributed by atoms with van der Waals surface area (Å²) in [4.78, 5) is 17.2. The van der Waals surface area contributed by atoms with Crippen LogP contribution in [0.4, 0.5) is 0 Å². The number of nitrogens with zero attached hydrogens (tertiary/aromatic N) is 1. The van der Waals surface area contributed by atoms with Crippen molar-refractivity contribution in [3.8, 4) is 0 Å². The van der Waals surface area contributed by atoms with Gasteiger partial charge in [-0.2, -0.15) is 0 Å². The van der Waals surface area contributed by atoms with E-state index < -0.39 is 0 Å². The molecule has 0 saturated heterocycles. The van der Waals surface area contributed by atoms with Crippen LogP contribution in [-0.4, -0.2) is 24.6 Å². The van der Waals surface area contributed by atoms with E-state index in [2.05, 4.69) is 24.2 Å². The van der Waals surface area contributed by atoms with Crippen molar-refractivity contribution in [3.63, 3.8) is 0 Å². The SMILES string of the molecule is CCCCN=C1C=C(NCCCC)C(=O)c2ccccc21. The number of hydrogen-bond donors (Lipinski definition) is 1. The molecule has 0 aromatic heterocycles. The van der Waals surface area contributed by atoms with Gasteiger partial charge in [0, 0.05) is 24.2 Å². The van der Waals surface area contributed by atoms with E-state index in [4.69, 9.17) is 0 Å². The molecular weight excluding hydrogens is 260 g/mol. The molecule has 0 unspecified atom stereocenters. The molecule has 0 radical (unpaired) electrons. The molecule has 0 bridgehead atoms. The second-order valence-electron chi connectivity index (χ2n) is 5.33. The maximum atomic E-state index is 12.5. The fourth-order valence-electron chi connectivity index (χ4n) is 2.35. The van der Waals surface area contributed by atoms with Gasteiger partial charge in [-0.3, -0.25) is 9.79 Å². The molecule has 1 aromatic carbocycles. The van der Waals surface area contributed by atoms with Gasteiger partial charge in [-0.25, -0.2) is 0 Å². The van der Waals surface area contributed by atoms with Gasteiger partial charge in [0.15, 0.2) is 0 Å². The Bertz CT molecular complexity index is 558. The van der Waals surface area contributed by atoms with E-state index in [0.29, 0.717) is 5.70 Å². The Kier molecular flexibility index (Phi) is 5.73. The first-order valence-electron chi connectivity index (χ1n) is 7.92. The van der Waals surface area contributed by atoms with Crippen LogP contribution in [0.3, 0.4) is 0 Å². The minimum Gasteiger partial charge on any atom is -0.382 e. The van der Waals surface area contributed by atoms with Crippen LogP contribution in [0.2, 0.25) is 0 Å². The smallest absolute Gasteiger partial charge is 0.209 e. The summed E-state index contributed by atoms with van der Waals surface area (Å²) in [5.41, 5.74) is 3.32. The van der Waals surface area contributed by atoms with E-state index >= 15 is 0 Å². The van der Waals surface area contributed by atoms with Crippen LogP contribution < -0.4 is 5.32 Å². The molecule has 1 aliphatic rings. The largest absolute Gasteiger partial charge is 0.382 e. The van der Waals surface area contributed by atoms with Gasteiger partial charge in [0.25, 0.3) is 0 Å². The molecule has 0 fully saturated rings. The zero-order chi connectivity index (χ0) is 15.1. The summed E-state index contributed by atoms with van der Waals surface area (Å²) in [6, 6.07) is 7.75. The second kappa shape index (κ2) is 7.77. The molecular formula is C18H24N2O. The summed E-state index contributed by atoms with van der Waals surface area (Å²) in [6.45, 7) is 5.95. The summed E-state index contributed by atoms with van der Waals surface area (Å²) in [5, 5.41) is 3.26. The van der Waals surface area contributed by atoms with Gasteiger partial charge < -0.3 is 5.32 Å². The van der Waals surface area contributed by atoms with Gasteiger partial charge in [-0.05, 0) is 18.9 Å². The highest BCUT2D eigenvalue weighted by Gasteiger charge is 2.23. The minimum absolute atomic E-state index is 0.0798. The Balaban J connectivity index is 2.27. The summed E-state index contributed by atoms with van der Waals surface area (Å²) in [6.07, 6.45) is 6.29. The Labute approximate surface area is 127 Å². The van der Waals surface area contributed by atoms with Crippen LogP contribution in [0.15, 0.2) is 41.0 Å². The van der Waals surface area contributed by atoms with E-state index in [-0.39, 0.29) is 5.78 Å². The maximum absolute atomic E-state index is 12.5. The van der Waals surface area contributed by atoms with Crippen molar-refractivity contribution in [3.05, 3.63) is 47.2 Å². The lowest BCUT2D eigenvalue weighted by atomic mass is 9.92. The van der Waals surface area contributed by atoms with Crippen molar-refractivity contribution in [2.24, 2.45) is 4.99 Å². The Hall–Kier alpha value is -1.90. The summed E-state index contributed by atoms with van der Waals surface area (Å²) in [7, 11) is 0. The fraction of sp³-hybridized carbons (Fsp3) is 0.444. The van der Waals surface area contributed by atoms with E-state index in [1.165, 1.54) is 0 Å². The normalized spacial score (nSPS) is 15.8. The number of unbranched alkanes of at least 4 members (excludes halogenated alkanes) is 2. The molecule has 0 heterocycles. The molecule has 3 heteroatoms. The monoisotopic (exact) mass is 284 g/mol. The number of hydrogen-bond acceptors (Lipinski definition) is 3. The number of ketones is 1. The topological polar surface area (TPSA) is 41.5 Å². The molecule has 0 saturated carbocycles.